The van der Waals surface area contributed by atoms with E-state index in [2.05, 4.69) is 10.6 Å². The highest BCUT2D eigenvalue weighted by molar-refractivity contribution is 5.96. The van der Waals surface area contributed by atoms with Crippen molar-refractivity contribution < 1.29 is 14.3 Å². The number of carbonyl (C=O) groups excluding carboxylic acids is 2. The summed E-state index contributed by atoms with van der Waals surface area (Å²) in [5.41, 5.74) is 1.38. The monoisotopic (exact) mass is 345 g/mol. The summed E-state index contributed by atoms with van der Waals surface area (Å²) in [5, 5.41) is 5.97. The third-order valence-electron chi connectivity index (χ3n) is 4.74. The van der Waals surface area contributed by atoms with Gasteiger partial charge in [0.2, 0.25) is 5.91 Å². The topological polar surface area (TPSA) is 70.7 Å². The van der Waals surface area contributed by atoms with E-state index in [0.29, 0.717) is 17.8 Å². The second-order valence-corrected chi connectivity index (χ2v) is 6.74. The average molecular weight is 345 g/mol. The first kappa shape index (κ1) is 17.9. The Morgan fingerprint density at radius 1 is 1.08 bits per heavy atom. The Bertz CT molecular complexity index is 576. The number of amides is 2. The van der Waals surface area contributed by atoms with Crippen LogP contribution in [0.15, 0.2) is 24.3 Å². The zero-order valence-corrected chi connectivity index (χ0v) is 14.6. The molecule has 0 saturated carbocycles. The van der Waals surface area contributed by atoms with Crippen LogP contribution in [0.3, 0.4) is 0 Å². The zero-order valence-electron chi connectivity index (χ0n) is 14.6. The molecule has 6 heteroatoms. The van der Waals surface area contributed by atoms with Crippen molar-refractivity contribution in [2.75, 3.05) is 38.1 Å². The third kappa shape index (κ3) is 5.28. The number of ether oxygens (including phenoxy) is 1. The Morgan fingerprint density at radius 2 is 1.84 bits per heavy atom. The SMILES string of the molecule is O=C(CNCC1CCCO1)Nc1ccc(C(=O)N2CCCCC2)cc1. The van der Waals surface area contributed by atoms with Gasteiger partial charge in [-0.25, -0.2) is 0 Å². The standard InChI is InChI=1S/C19H27N3O3/c23-18(14-20-13-17-5-4-12-25-17)21-16-8-6-15(7-9-16)19(24)22-10-2-1-3-11-22/h6-9,17,20H,1-5,10-14H2,(H,21,23). The number of carbonyl (C=O) groups is 2. The number of benzene rings is 1. The molecule has 3 rings (SSSR count). The van der Waals surface area contributed by atoms with E-state index < -0.39 is 0 Å². The normalized spacial score (nSPS) is 20.5. The lowest BCUT2D eigenvalue weighted by Gasteiger charge is -2.26. The molecule has 2 aliphatic heterocycles. The summed E-state index contributed by atoms with van der Waals surface area (Å²) in [6.07, 6.45) is 5.75. The highest BCUT2D eigenvalue weighted by atomic mass is 16.5. The molecule has 2 saturated heterocycles. The van der Waals surface area contributed by atoms with Gasteiger partial charge in [-0.3, -0.25) is 9.59 Å². The Labute approximate surface area is 148 Å². The van der Waals surface area contributed by atoms with E-state index in [4.69, 9.17) is 4.74 Å². The largest absolute Gasteiger partial charge is 0.377 e. The van der Waals surface area contributed by atoms with Crippen molar-refractivity contribution in [3.63, 3.8) is 0 Å². The van der Waals surface area contributed by atoms with E-state index in [1.54, 1.807) is 24.3 Å². The summed E-state index contributed by atoms with van der Waals surface area (Å²) in [7, 11) is 0. The minimum atomic E-state index is -0.0897. The molecule has 0 aliphatic carbocycles. The lowest BCUT2D eigenvalue weighted by molar-refractivity contribution is -0.115. The van der Waals surface area contributed by atoms with E-state index in [9.17, 15) is 9.59 Å². The first-order chi connectivity index (χ1) is 12.2. The first-order valence-corrected chi connectivity index (χ1v) is 9.24. The number of rotatable bonds is 6. The molecule has 1 aromatic rings. The van der Waals surface area contributed by atoms with Gasteiger partial charge in [-0.15, -0.1) is 0 Å². The highest BCUT2D eigenvalue weighted by Gasteiger charge is 2.18. The van der Waals surface area contributed by atoms with E-state index in [1.807, 2.05) is 4.90 Å². The molecule has 0 spiro atoms. The molecule has 2 N–H and O–H groups in total. The molecule has 0 aromatic heterocycles. The molecule has 0 bridgehead atoms. The number of piperidine rings is 1. The van der Waals surface area contributed by atoms with E-state index in [-0.39, 0.29) is 24.5 Å². The summed E-state index contributed by atoms with van der Waals surface area (Å²) < 4.78 is 5.51. The van der Waals surface area contributed by atoms with Gasteiger partial charge in [0.25, 0.3) is 5.91 Å². The van der Waals surface area contributed by atoms with Gasteiger partial charge >= 0.3 is 0 Å². The van der Waals surface area contributed by atoms with Crippen LogP contribution in [0, 0.1) is 0 Å². The van der Waals surface area contributed by atoms with Crippen molar-refractivity contribution in [3.8, 4) is 0 Å². The van der Waals surface area contributed by atoms with Gasteiger partial charge < -0.3 is 20.3 Å². The van der Waals surface area contributed by atoms with Crippen LogP contribution >= 0.6 is 0 Å². The molecule has 6 nitrogen and oxygen atoms in total. The maximum Gasteiger partial charge on any atom is 0.253 e. The number of hydrogen-bond donors (Lipinski definition) is 2. The smallest absolute Gasteiger partial charge is 0.253 e. The second-order valence-electron chi connectivity index (χ2n) is 6.74. The predicted molar refractivity (Wildman–Crippen MR) is 96.7 cm³/mol. The van der Waals surface area contributed by atoms with Crippen LogP contribution in [0.5, 0.6) is 0 Å². The van der Waals surface area contributed by atoms with E-state index in [0.717, 1.165) is 45.4 Å². The fraction of sp³-hybridized carbons (Fsp3) is 0.579. The van der Waals surface area contributed by atoms with Crippen molar-refractivity contribution in [2.24, 2.45) is 0 Å². The van der Waals surface area contributed by atoms with Gasteiger partial charge in [-0.1, -0.05) is 0 Å². The minimum Gasteiger partial charge on any atom is -0.377 e. The van der Waals surface area contributed by atoms with Crippen molar-refractivity contribution in [2.45, 2.75) is 38.2 Å². The number of anilines is 1. The Morgan fingerprint density at radius 3 is 2.52 bits per heavy atom. The molecule has 2 aliphatic rings. The van der Waals surface area contributed by atoms with Crippen molar-refractivity contribution >= 4 is 17.5 Å². The van der Waals surface area contributed by atoms with Crippen molar-refractivity contribution in [3.05, 3.63) is 29.8 Å². The zero-order chi connectivity index (χ0) is 17.5. The lowest BCUT2D eigenvalue weighted by atomic mass is 10.1. The fourth-order valence-corrected chi connectivity index (χ4v) is 3.33. The van der Waals surface area contributed by atoms with Crippen molar-refractivity contribution in [1.82, 2.24) is 10.2 Å². The molecule has 1 atom stereocenters. The van der Waals surface area contributed by atoms with Gasteiger partial charge in [0.1, 0.15) is 0 Å². The fourth-order valence-electron chi connectivity index (χ4n) is 3.33. The lowest BCUT2D eigenvalue weighted by Crippen LogP contribution is -2.35. The Balaban J connectivity index is 1.43. The van der Waals surface area contributed by atoms with E-state index >= 15 is 0 Å². The van der Waals surface area contributed by atoms with Crippen LogP contribution in [-0.2, 0) is 9.53 Å². The average Bonchev–Trinajstić information content (AvgIpc) is 3.16. The molecule has 25 heavy (non-hydrogen) atoms. The quantitative estimate of drug-likeness (QED) is 0.827. The Kier molecular flexibility index (Phi) is 6.42. The molecule has 136 valence electrons. The van der Waals surface area contributed by atoms with Crippen LogP contribution in [0.2, 0.25) is 0 Å². The van der Waals surface area contributed by atoms with Crippen LogP contribution < -0.4 is 10.6 Å². The Hall–Kier alpha value is -1.92. The predicted octanol–water partition coefficient (Wildman–Crippen LogP) is 2.02. The maximum atomic E-state index is 12.4. The second kappa shape index (κ2) is 8.97. The summed E-state index contributed by atoms with van der Waals surface area (Å²) in [6.45, 7) is 3.47. The molecular weight excluding hydrogens is 318 g/mol. The maximum absolute atomic E-state index is 12.4. The molecule has 2 fully saturated rings. The number of likely N-dealkylation sites (tertiary alicyclic amines) is 1. The van der Waals surface area contributed by atoms with Gasteiger partial charge in [0.05, 0.1) is 12.6 Å². The number of nitrogens with one attached hydrogen (secondary N) is 2. The molecule has 1 aromatic carbocycles. The minimum absolute atomic E-state index is 0.0795. The van der Waals surface area contributed by atoms with Crippen molar-refractivity contribution in [1.29, 1.82) is 0 Å². The molecule has 1 unspecified atom stereocenters. The van der Waals surface area contributed by atoms with Crippen LogP contribution in [0.25, 0.3) is 0 Å². The summed E-state index contributed by atoms with van der Waals surface area (Å²) in [4.78, 5) is 26.3. The van der Waals surface area contributed by atoms with Gasteiger partial charge in [0, 0.05) is 37.5 Å². The first-order valence-electron chi connectivity index (χ1n) is 9.24. The van der Waals surface area contributed by atoms with Crippen LogP contribution in [0.4, 0.5) is 5.69 Å². The summed E-state index contributed by atoms with van der Waals surface area (Å²) in [5.74, 6) is -0.0103. The van der Waals surface area contributed by atoms with Crippen LogP contribution in [0.1, 0.15) is 42.5 Å². The summed E-state index contributed by atoms with van der Waals surface area (Å²) >= 11 is 0. The van der Waals surface area contributed by atoms with Crippen LogP contribution in [-0.4, -0.2) is 55.6 Å². The number of nitrogens with zero attached hydrogens (tertiary/aromatic N) is 1. The summed E-state index contributed by atoms with van der Waals surface area (Å²) in [6, 6.07) is 7.14. The highest BCUT2D eigenvalue weighted by Crippen LogP contribution is 2.15. The van der Waals surface area contributed by atoms with Gasteiger partial charge in [-0.05, 0) is 56.4 Å². The molecule has 0 radical (unpaired) electrons. The molecule has 2 amide bonds. The van der Waals surface area contributed by atoms with Gasteiger partial charge in [0.15, 0.2) is 0 Å². The van der Waals surface area contributed by atoms with Gasteiger partial charge in [-0.2, -0.15) is 0 Å². The molecule has 2 heterocycles. The third-order valence-corrected chi connectivity index (χ3v) is 4.74. The number of hydrogen-bond acceptors (Lipinski definition) is 4. The van der Waals surface area contributed by atoms with E-state index in [1.165, 1.54) is 6.42 Å². The molecular formula is C19H27N3O3.